The zero-order valence-corrected chi connectivity index (χ0v) is 23.5. The molecule has 5 nitrogen and oxygen atoms in total. The molecule has 0 bridgehead atoms. The summed E-state index contributed by atoms with van der Waals surface area (Å²) in [5.41, 5.74) is 7.15. The Balaban J connectivity index is 1.42. The van der Waals surface area contributed by atoms with Crippen LogP contribution in [-0.4, -0.2) is 37.5 Å². The third kappa shape index (κ3) is 5.16. The molecule has 6 heteroatoms. The van der Waals surface area contributed by atoms with Gasteiger partial charge in [0.05, 0.1) is 12.0 Å². The lowest BCUT2D eigenvalue weighted by molar-refractivity contribution is 0.414. The molecule has 0 aliphatic carbocycles. The number of sulfonamides is 1. The molecule has 2 heterocycles. The van der Waals surface area contributed by atoms with E-state index in [0.717, 1.165) is 18.7 Å². The van der Waals surface area contributed by atoms with Crippen LogP contribution in [0.2, 0.25) is 0 Å². The highest BCUT2D eigenvalue weighted by molar-refractivity contribution is 7.89. The first-order chi connectivity index (χ1) is 18.3. The summed E-state index contributed by atoms with van der Waals surface area (Å²) >= 11 is 0. The largest absolute Gasteiger partial charge is 0.497 e. The van der Waals surface area contributed by atoms with Crippen molar-refractivity contribution in [2.24, 2.45) is 5.92 Å². The van der Waals surface area contributed by atoms with Gasteiger partial charge >= 0.3 is 0 Å². The summed E-state index contributed by atoms with van der Waals surface area (Å²) < 4.78 is 36.1. The second-order valence-electron chi connectivity index (χ2n) is 10.5. The molecule has 3 aromatic carbocycles. The van der Waals surface area contributed by atoms with Gasteiger partial charge in [-0.1, -0.05) is 62.4 Å². The maximum Gasteiger partial charge on any atom is 0.243 e. The molecular formula is C32H36N2O3S. The van der Waals surface area contributed by atoms with Crippen LogP contribution in [0.15, 0.2) is 83.8 Å². The highest BCUT2D eigenvalue weighted by Gasteiger charge is 2.28. The second kappa shape index (κ2) is 10.8. The van der Waals surface area contributed by atoms with Crippen LogP contribution in [0, 0.1) is 12.8 Å². The summed E-state index contributed by atoms with van der Waals surface area (Å²) in [5.74, 6) is 1.38. The fourth-order valence-electron chi connectivity index (χ4n) is 5.51. The van der Waals surface area contributed by atoms with Crippen molar-refractivity contribution in [1.29, 1.82) is 0 Å². The van der Waals surface area contributed by atoms with Gasteiger partial charge in [-0.2, -0.15) is 4.31 Å². The minimum absolute atomic E-state index is 0.368. The van der Waals surface area contributed by atoms with Crippen molar-refractivity contribution >= 4 is 26.5 Å². The first-order valence-electron chi connectivity index (χ1n) is 13.3. The van der Waals surface area contributed by atoms with Crippen LogP contribution in [0.1, 0.15) is 42.7 Å². The SMILES string of the molecule is COc1cccc(Cn2c(C)c(C3=CCN(S(=O)(=O)c4ccc(CC(C)C)cc4)CC3)c3ccccc32)c1. The van der Waals surface area contributed by atoms with Gasteiger partial charge < -0.3 is 9.30 Å². The van der Waals surface area contributed by atoms with E-state index in [1.54, 1.807) is 23.5 Å². The highest BCUT2D eigenvalue weighted by Crippen LogP contribution is 2.36. The first kappa shape index (κ1) is 26.3. The summed E-state index contributed by atoms with van der Waals surface area (Å²) in [7, 11) is -1.85. The van der Waals surface area contributed by atoms with Crippen molar-refractivity contribution < 1.29 is 13.2 Å². The van der Waals surface area contributed by atoms with E-state index in [4.69, 9.17) is 4.74 Å². The number of ether oxygens (including phenoxy) is 1. The Bertz CT molecular complexity index is 1580. The highest BCUT2D eigenvalue weighted by atomic mass is 32.2. The van der Waals surface area contributed by atoms with E-state index in [2.05, 4.69) is 67.8 Å². The molecule has 0 amide bonds. The van der Waals surface area contributed by atoms with Crippen molar-refractivity contribution in [3.8, 4) is 5.75 Å². The van der Waals surface area contributed by atoms with Gasteiger partial charge in [-0.15, -0.1) is 0 Å². The number of fused-ring (bicyclic) bond motifs is 1. The number of benzene rings is 3. The third-order valence-electron chi connectivity index (χ3n) is 7.40. The molecule has 5 rings (SSSR count). The number of hydrogen-bond acceptors (Lipinski definition) is 3. The average Bonchev–Trinajstić information content (AvgIpc) is 3.19. The summed E-state index contributed by atoms with van der Waals surface area (Å²) in [5, 5.41) is 1.20. The second-order valence-corrected chi connectivity index (χ2v) is 12.4. The van der Waals surface area contributed by atoms with E-state index in [-0.39, 0.29) is 0 Å². The Kier molecular flexibility index (Phi) is 7.46. The van der Waals surface area contributed by atoms with Crippen LogP contribution in [-0.2, 0) is 23.0 Å². The van der Waals surface area contributed by atoms with Crippen molar-refractivity contribution in [3.63, 3.8) is 0 Å². The van der Waals surface area contributed by atoms with Crippen LogP contribution in [0.5, 0.6) is 5.75 Å². The number of para-hydroxylation sites is 1. The van der Waals surface area contributed by atoms with Crippen LogP contribution in [0.3, 0.4) is 0 Å². The smallest absolute Gasteiger partial charge is 0.243 e. The van der Waals surface area contributed by atoms with Gasteiger partial charge in [-0.05, 0) is 72.7 Å². The predicted octanol–water partition coefficient (Wildman–Crippen LogP) is 6.68. The lowest BCUT2D eigenvalue weighted by Gasteiger charge is -2.26. The summed E-state index contributed by atoms with van der Waals surface area (Å²) in [6.45, 7) is 8.08. The van der Waals surface area contributed by atoms with Crippen molar-refractivity contribution in [1.82, 2.24) is 8.87 Å². The van der Waals surface area contributed by atoms with E-state index < -0.39 is 10.0 Å². The molecule has 0 fully saturated rings. The molecule has 0 unspecified atom stereocenters. The van der Waals surface area contributed by atoms with Crippen LogP contribution < -0.4 is 4.74 Å². The maximum atomic E-state index is 13.4. The summed E-state index contributed by atoms with van der Waals surface area (Å²) in [4.78, 5) is 0.368. The minimum atomic E-state index is -3.54. The molecule has 198 valence electrons. The standard InChI is InChI=1S/C32H36N2O3S/c1-23(2)20-25-12-14-29(15-13-25)38(35,36)33-18-16-27(17-19-33)32-24(3)34(31-11-6-5-10-30(31)32)22-26-8-7-9-28(21-26)37-4/h5-16,21,23H,17-20,22H2,1-4H3. The lowest BCUT2D eigenvalue weighted by Crippen LogP contribution is -2.34. The third-order valence-corrected chi connectivity index (χ3v) is 9.28. The van der Waals surface area contributed by atoms with E-state index >= 15 is 0 Å². The van der Waals surface area contributed by atoms with Crippen molar-refractivity contribution in [2.75, 3.05) is 20.2 Å². The molecule has 0 N–H and O–H groups in total. The molecule has 0 atom stereocenters. The number of aromatic nitrogens is 1. The molecule has 1 aliphatic rings. The predicted molar refractivity (Wildman–Crippen MR) is 155 cm³/mol. The number of rotatable bonds is 8. The van der Waals surface area contributed by atoms with Gasteiger partial charge in [0.25, 0.3) is 0 Å². The Morgan fingerprint density at radius 1 is 0.947 bits per heavy atom. The number of methoxy groups -OCH3 is 1. The fourth-order valence-corrected chi connectivity index (χ4v) is 6.89. The van der Waals surface area contributed by atoms with Gasteiger partial charge in [0.1, 0.15) is 5.75 Å². The monoisotopic (exact) mass is 528 g/mol. The van der Waals surface area contributed by atoms with Crippen LogP contribution >= 0.6 is 0 Å². The molecule has 0 saturated heterocycles. The molecule has 38 heavy (non-hydrogen) atoms. The quantitative estimate of drug-likeness (QED) is 0.256. The molecule has 0 saturated carbocycles. The van der Waals surface area contributed by atoms with Crippen molar-refractivity contribution in [3.05, 3.63) is 101 Å². The Morgan fingerprint density at radius 3 is 2.39 bits per heavy atom. The van der Waals surface area contributed by atoms with Gasteiger partial charge in [0.15, 0.2) is 0 Å². The Hall–Kier alpha value is -3.35. The van der Waals surface area contributed by atoms with E-state index in [1.807, 2.05) is 24.3 Å². The molecule has 0 radical (unpaired) electrons. The van der Waals surface area contributed by atoms with E-state index in [1.165, 1.54) is 38.9 Å². The normalized spacial score (nSPS) is 14.7. The van der Waals surface area contributed by atoms with Gasteiger partial charge in [-0.3, -0.25) is 0 Å². The lowest BCUT2D eigenvalue weighted by atomic mass is 9.97. The van der Waals surface area contributed by atoms with Crippen LogP contribution in [0.25, 0.3) is 16.5 Å². The molecule has 4 aromatic rings. The van der Waals surface area contributed by atoms with Gasteiger partial charge in [0.2, 0.25) is 10.0 Å². The maximum absolute atomic E-state index is 13.4. The fraction of sp³-hybridized carbons (Fsp3) is 0.312. The van der Waals surface area contributed by atoms with Crippen molar-refractivity contribution in [2.45, 2.75) is 45.1 Å². The van der Waals surface area contributed by atoms with E-state index in [9.17, 15) is 8.42 Å². The number of nitrogens with zero attached hydrogens (tertiary/aromatic N) is 2. The molecule has 1 aromatic heterocycles. The summed E-state index contributed by atoms with van der Waals surface area (Å²) in [6.07, 6.45) is 3.72. The Morgan fingerprint density at radius 2 is 1.71 bits per heavy atom. The zero-order valence-electron chi connectivity index (χ0n) is 22.6. The van der Waals surface area contributed by atoms with Gasteiger partial charge in [0, 0.05) is 41.8 Å². The first-order valence-corrected chi connectivity index (χ1v) is 14.7. The molecule has 1 aliphatic heterocycles. The van der Waals surface area contributed by atoms with Crippen LogP contribution in [0.4, 0.5) is 0 Å². The zero-order chi connectivity index (χ0) is 26.9. The van der Waals surface area contributed by atoms with E-state index in [0.29, 0.717) is 30.3 Å². The Labute approximate surface area is 226 Å². The topological polar surface area (TPSA) is 51.5 Å². The summed E-state index contributed by atoms with van der Waals surface area (Å²) in [6, 6.07) is 24.0. The molecule has 0 spiro atoms. The average molecular weight is 529 g/mol. The van der Waals surface area contributed by atoms with Gasteiger partial charge in [-0.25, -0.2) is 8.42 Å². The number of hydrogen-bond donors (Lipinski definition) is 0. The molecular weight excluding hydrogens is 492 g/mol. The minimum Gasteiger partial charge on any atom is -0.497 e.